The monoisotopic (exact) mass is 332 g/mol. The first-order chi connectivity index (χ1) is 7.53. The fourth-order valence-corrected chi connectivity index (χ4v) is 6.94. The summed E-state index contributed by atoms with van der Waals surface area (Å²) < 4.78 is 23.9. The molecule has 96 valence electrons. The van der Waals surface area contributed by atoms with E-state index in [0.29, 0.717) is 5.02 Å². The van der Waals surface area contributed by atoms with Crippen LogP contribution in [0, 0.1) is 0 Å². The number of hydrogen-bond acceptors (Lipinski definition) is 3. The van der Waals surface area contributed by atoms with Crippen molar-refractivity contribution in [3.63, 3.8) is 0 Å². The zero-order valence-corrected chi connectivity index (χ0v) is 13.3. The first kappa shape index (κ1) is 15.4. The van der Waals surface area contributed by atoms with E-state index in [-0.39, 0.29) is 14.9 Å². The van der Waals surface area contributed by atoms with Crippen LogP contribution in [0.2, 0.25) is 15.1 Å². The topological polar surface area (TPSA) is 34.1 Å². The summed E-state index contributed by atoms with van der Waals surface area (Å²) in [4.78, 5) is -0.0786. The van der Waals surface area contributed by atoms with Crippen LogP contribution >= 0.6 is 45.6 Å². The molecule has 0 bridgehead atoms. The number of hydrogen-bond donors (Lipinski definition) is 0. The molecule has 0 aliphatic heterocycles. The van der Waals surface area contributed by atoms with Crippen molar-refractivity contribution in [1.29, 1.82) is 0 Å². The summed E-state index contributed by atoms with van der Waals surface area (Å²) in [5.74, 6) is 0. The lowest BCUT2D eigenvalue weighted by molar-refractivity contribution is 0.609. The van der Waals surface area contributed by atoms with E-state index in [1.54, 1.807) is 20.8 Å². The largest absolute Gasteiger partial charge is 0.233 e. The Morgan fingerprint density at radius 3 is 1.82 bits per heavy atom. The van der Waals surface area contributed by atoms with Crippen molar-refractivity contribution in [2.75, 3.05) is 0 Å². The van der Waals surface area contributed by atoms with E-state index < -0.39 is 13.6 Å². The Hall–Kier alpha value is 0.390. The van der Waals surface area contributed by atoms with E-state index >= 15 is 0 Å². The first-order valence-corrected chi connectivity index (χ1v) is 8.58. The van der Waals surface area contributed by atoms with Crippen molar-refractivity contribution in [3.8, 4) is 0 Å². The fourth-order valence-electron chi connectivity index (χ4n) is 1.14. The third kappa shape index (κ3) is 4.21. The lowest BCUT2D eigenvalue weighted by atomic mass is 10.3. The van der Waals surface area contributed by atoms with Crippen LogP contribution in [-0.2, 0) is 8.87 Å². The van der Waals surface area contributed by atoms with Crippen LogP contribution in [0.25, 0.3) is 0 Å². The summed E-state index contributed by atoms with van der Waals surface area (Å²) in [5.41, 5.74) is 0. The molecule has 0 fully saturated rings. The fraction of sp³-hybridized carbons (Fsp3) is 0.400. The van der Waals surface area contributed by atoms with Gasteiger partial charge in [-0.3, -0.25) is 0 Å². The van der Waals surface area contributed by atoms with Crippen LogP contribution < -0.4 is 0 Å². The predicted octanol–water partition coefficient (Wildman–Crippen LogP) is 4.87. The van der Waals surface area contributed by atoms with Crippen molar-refractivity contribution in [2.24, 2.45) is 0 Å². The molecule has 1 aromatic rings. The molecule has 1 aromatic carbocycles. The lowest BCUT2D eigenvalue weighted by Gasteiger charge is -2.18. The maximum absolute atomic E-state index is 12.2. The maximum Gasteiger partial charge on any atom is 0.233 e. The summed E-state index contributed by atoms with van der Waals surface area (Å²) >= 11 is 17.5. The average molecular weight is 334 g/mol. The minimum atomic E-state index is -3.60. The van der Waals surface area contributed by atoms with Crippen molar-refractivity contribution in [3.05, 3.63) is 27.2 Å². The smallest absolute Gasteiger partial charge is 0.212 e. The third-order valence-electron chi connectivity index (χ3n) is 1.57. The maximum atomic E-state index is 12.2. The van der Waals surface area contributed by atoms with E-state index in [0.717, 1.165) is 10.8 Å². The molecule has 2 nitrogen and oxygen atoms in total. The summed E-state index contributed by atoms with van der Waals surface area (Å²) in [6.07, 6.45) is 0. The minimum Gasteiger partial charge on any atom is -0.212 e. The van der Waals surface area contributed by atoms with Gasteiger partial charge in [-0.1, -0.05) is 34.8 Å². The van der Waals surface area contributed by atoms with Gasteiger partial charge in [0, 0.05) is 9.77 Å². The Morgan fingerprint density at radius 1 is 1.06 bits per heavy atom. The van der Waals surface area contributed by atoms with Crippen molar-refractivity contribution >= 4 is 54.5 Å². The second-order valence-corrected chi connectivity index (χ2v) is 10.1. The molecule has 0 unspecified atom stereocenters. The lowest BCUT2D eigenvalue weighted by Crippen LogP contribution is -2.13. The first-order valence-electron chi connectivity index (χ1n) is 4.63. The second-order valence-electron chi connectivity index (χ2n) is 4.35. The summed E-state index contributed by atoms with van der Waals surface area (Å²) in [5, 5.41) is 0.387. The van der Waals surface area contributed by atoms with Crippen molar-refractivity contribution in [2.45, 2.75) is 30.4 Å². The Morgan fingerprint density at radius 2 is 1.47 bits per heavy atom. The Balaban J connectivity index is 3.35. The van der Waals surface area contributed by atoms with Crippen molar-refractivity contribution in [1.82, 2.24) is 0 Å². The molecular formula is C10H11Cl3O2S2. The van der Waals surface area contributed by atoms with Crippen LogP contribution in [-0.4, -0.2) is 13.2 Å². The van der Waals surface area contributed by atoms with Crippen LogP contribution in [0.15, 0.2) is 17.0 Å². The molecule has 0 spiro atoms. The highest BCUT2D eigenvalue weighted by Gasteiger charge is 2.28. The van der Waals surface area contributed by atoms with Crippen LogP contribution in [0.1, 0.15) is 20.8 Å². The van der Waals surface area contributed by atoms with E-state index in [4.69, 9.17) is 34.8 Å². The van der Waals surface area contributed by atoms with Gasteiger partial charge in [-0.25, -0.2) is 8.42 Å². The molecule has 0 aliphatic rings. The molecule has 0 heterocycles. The highest BCUT2D eigenvalue weighted by atomic mass is 35.5. The van der Waals surface area contributed by atoms with E-state index in [9.17, 15) is 8.42 Å². The van der Waals surface area contributed by atoms with E-state index in [1.165, 1.54) is 12.1 Å². The Bertz CT molecular complexity index is 510. The zero-order valence-electron chi connectivity index (χ0n) is 9.42. The van der Waals surface area contributed by atoms with Gasteiger partial charge < -0.3 is 0 Å². The zero-order chi connectivity index (χ0) is 13.4. The second kappa shape index (κ2) is 5.17. The summed E-state index contributed by atoms with van der Waals surface area (Å²) in [6, 6.07) is 2.73. The van der Waals surface area contributed by atoms with Gasteiger partial charge in [0.25, 0.3) is 0 Å². The predicted molar refractivity (Wildman–Crippen MR) is 76.0 cm³/mol. The molecule has 0 N–H and O–H groups in total. The molecule has 0 radical (unpaired) electrons. The van der Waals surface area contributed by atoms with Crippen LogP contribution in [0.5, 0.6) is 0 Å². The van der Waals surface area contributed by atoms with Gasteiger partial charge in [0.15, 0.2) is 0 Å². The normalized spacial score (nSPS) is 12.8. The quantitative estimate of drug-likeness (QED) is 0.724. The van der Waals surface area contributed by atoms with E-state index in [1.807, 2.05) is 0 Å². The average Bonchev–Trinajstić information content (AvgIpc) is 1.93. The minimum absolute atomic E-state index is 0.0410. The number of rotatable bonds is 2. The van der Waals surface area contributed by atoms with E-state index in [2.05, 4.69) is 0 Å². The van der Waals surface area contributed by atoms with Crippen LogP contribution in [0.3, 0.4) is 0 Å². The van der Waals surface area contributed by atoms with Gasteiger partial charge in [-0.2, -0.15) is 0 Å². The molecule has 0 amide bonds. The summed E-state index contributed by atoms with van der Waals surface area (Å²) in [7, 11) is -2.80. The molecular weight excluding hydrogens is 323 g/mol. The van der Waals surface area contributed by atoms with Crippen molar-refractivity contribution < 1.29 is 8.42 Å². The number of benzene rings is 1. The molecule has 0 saturated carbocycles. The molecule has 0 atom stereocenters. The van der Waals surface area contributed by atoms with Gasteiger partial charge in [0.1, 0.15) is 4.90 Å². The van der Waals surface area contributed by atoms with Gasteiger partial charge in [-0.05, 0) is 43.7 Å². The highest BCUT2D eigenvalue weighted by molar-refractivity contribution is 8.72. The number of halogens is 3. The third-order valence-corrected chi connectivity index (χ3v) is 6.93. The van der Waals surface area contributed by atoms with Gasteiger partial charge >= 0.3 is 0 Å². The van der Waals surface area contributed by atoms with Crippen LogP contribution in [0.4, 0.5) is 0 Å². The van der Waals surface area contributed by atoms with Gasteiger partial charge in [-0.15, -0.1) is 0 Å². The Kier molecular flexibility index (Phi) is 4.70. The molecule has 7 heteroatoms. The molecule has 17 heavy (non-hydrogen) atoms. The summed E-state index contributed by atoms with van der Waals surface area (Å²) in [6.45, 7) is 5.40. The van der Waals surface area contributed by atoms with Gasteiger partial charge in [0.2, 0.25) is 8.87 Å². The molecule has 1 rings (SSSR count). The highest BCUT2D eigenvalue weighted by Crippen LogP contribution is 2.41. The molecule has 0 aliphatic carbocycles. The standard InChI is InChI=1S/C10H11Cl3O2S2/c1-10(2,3)16-17(14,15)9-7(12)4-6(11)5-8(9)13/h4-5H,1-3H3. The molecule has 0 aromatic heterocycles. The SMILES string of the molecule is CC(C)(C)SS(=O)(=O)c1c(Cl)cc(Cl)cc1Cl. The molecule has 0 saturated heterocycles. The van der Waals surface area contributed by atoms with Gasteiger partial charge in [0.05, 0.1) is 10.0 Å². The Labute approximate surface area is 120 Å².